The third-order valence-electron chi connectivity index (χ3n) is 3.12. The molecule has 5 heteroatoms. The van der Waals surface area contributed by atoms with Crippen LogP contribution >= 0.6 is 11.6 Å². The average Bonchev–Trinajstić information content (AvgIpc) is 2.43. The lowest BCUT2D eigenvalue weighted by atomic mass is 10.2. The van der Waals surface area contributed by atoms with Gasteiger partial charge in [-0.3, -0.25) is 0 Å². The van der Waals surface area contributed by atoms with Gasteiger partial charge in [0.1, 0.15) is 18.0 Å². The predicted molar refractivity (Wildman–Crippen MR) is 84.9 cm³/mol. The van der Waals surface area contributed by atoms with E-state index in [4.69, 9.17) is 11.6 Å². The maximum absolute atomic E-state index is 6.11. The summed E-state index contributed by atoms with van der Waals surface area (Å²) in [6, 6.07) is 8.11. The zero-order valence-corrected chi connectivity index (χ0v) is 12.7. The van der Waals surface area contributed by atoms with Crippen LogP contribution in [-0.2, 0) is 0 Å². The van der Waals surface area contributed by atoms with E-state index in [1.54, 1.807) is 6.33 Å². The third kappa shape index (κ3) is 3.84. The van der Waals surface area contributed by atoms with Crippen LogP contribution in [0.2, 0.25) is 5.02 Å². The molecule has 0 saturated carbocycles. The summed E-state index contributed by atoms with van der Waals surface area (Å²) in [5.41, 5.74) is 1.97. The molecular weight excluding hydrogens is 272 g/mol. The molecule has 0 aliphatic heterocycles. The summed E-state index contributed by atoms with van der Waals surface area (Å²) in [7, 11) is 0. The molecule has 0 spiro atoms. The highest BCUT2D eigenvalue weighted by Gasteiger charge is 2.03. The SMILES string of the molecule is CCC(C)Nc1cc(Nc2ccc(C)c(Cl)c2)ncn1. The van der Waals surface area contributed by atoms with Crippen LogP contribution in [0, 0.1) is 6.92 Å². The largest absolute Gasteiger partial charge is 0.367 e. The monoisotopic (exact) mass is 290 g/mol. The maximum atomic E-state index is 6.11. The zero-order chi connectivity index (χ0) is 14.5. The summed E-state index contributed by atoms with van der Waals surface area (Å²) < 4.78 is 0. The lowest BCUT2D eigenvalue weighted by molar-refractivity contribution is 0.758. The van der Waals surface area contributed by atoms with Crippen molar-refractivity contribution < 1.29 is 0 Å². The van der Waals surface area contributed by atoms with E-state index in [1.165, 1.54) is 0 Å². The van der Waals surface area contributed by atoms with Crippen molar-refractivity contribution in [2.24, 2.45) is 0 Å². The fourth-order valence-electron chi connectivity index (χ4n) is 1.68. The van der Waals surface area contributed by atoms with Crippen LogP contribution in [0.3, 0.4) is 0 Å². The van der Waals surface area contributed by atoms with Crippen LogP contribution in [-0.4, -0.2) is 16.0 Å². The van der Waals surface area contributed by atoms with Crippen molar-refractivity contribution in [1.29, 1.82) is 0 Å². The molecule has 1 heterocycles. The highest BCUT2D eigenvalue weighted by Crippen LogP contribution is 2.23. The van der Waals surface area contributed by atoms with E-state index in [2.05, 4.69) is 34.4 Å². The molecule has 1 aromatic carbocycles. The minimum Gasteiger partial charge on any atom is -0.367 e. The van der Waals surface area contributed by atoms with Crippen LogP contribution in [0.5, 0.6) is 0 Å². The molecule has 0 amide bonds. The second kappa shape index (κ2) is 6.57. The van der Waals surface area contributed by atoms with Gasteiger partial charge in [0, 0.05) is 22.8 Å². The Hall–Kier alpha value is -1.81. The van der Waals surface area contributed by atoms with E-state index in [9.17, 15) is 0 Å². The van der Waals surface area contributed by atoms with Gasteiger partial charge in [-0.25, -0.2) is 9.97 Å². The van der Waals surface area contributed by atoms with Crippen molar-refractivity contribution >= 4 is 28.9 Å². The van der Waals surface area contributed by atoms with E-state index in [-0.39, 0.29) is 0 Å². The summed E-state index contributed by atoms with van der Waals surface area (Å²) in [5.74, 6) is 1.56. The van der Waals surface area contributed by atoms with Crippen molar-refractivity contribution in [3.8, 4) is 0 Å². The highest BCUT2D eigenvalue weighted by molar-refractivity contribution is 6.31. The topological polar surface area (TPSA) is 49.8 Å². The lowest BCUT2D eigenvalue weighted by Crippen LogP contribution is -2.14. The normalized spacial score (nSPS) is 12.0. The van der Waals surface area contributed by atoms with Gasteiger partial charge in [0.25, 0.3) is 0 Å². The zero-order valence-electron chi connectivity index (χ0n) is 11.9. The van der Waals surface area contributed by atoms with Crippen molar-refractivity contribution in [2.45, 2.75) is 33.2 Å². The molecule has 0 radical (unpaired) electrons. The molecule has 0 aliphatic carbocycles. The molecule has 2 aromatic rings. The summed E-state index contributed by atoms with van der Waals surface area (Å²) in [6.45, 7) is 6.23. The van der Waals surface area contributed by atoms with E-state index in [1.807, 2.05) is 31.2 Å². The second-order valence-electron chi connectivity index (χ2n) is 4.83. The number of aromatic nitrogens is 2. The van der Waals surface area contributed by atoms with Gasteiger partial charge in [0.2, 0.25) is 0 Å². The molecule has 2 N–H and O–H groups in total. The predicted octanol–water partition coefficient (Wildman–Crippen LogP) is 4.39. The lowest BCUT2D eigenvalue weighted by Gasteiger charge is -2.13. The fraction of sp³-hybridized carbons (Fsp3) is 0.333. The Morgan fingerprint density at radius 1 is 1.20 bits per heavy atom. The maximum Gasteiger partial charge on any atom is 0.135 e. The van der Waals surface area contributed by atoms with Gasteiger partial charge in [-0.05, 0) is 38.0 Å². The first-order valence-corrected chi connectivity index (χ1v) is 7.08. The van der Waals surface area contributed by atoms with Crippen molar-refractivity contribution in [3.63, 3.8) is 0 Å². The Labute approximate surface area is 124 Å². The summed E-state index contributed by atoms with van der Waals surface area (Å²) in [6.07, 6.45) is 2.59. The van der Waals surface area contributed by atoms with Crippen molar-refractivity contribution in [2.75, 3.05) is 10.6 Å². The van der Waals surface area contributed by atoms with E-state index in [0.717, 1.165) is 34.3 Å². The number of nitrogens with one attached hydrogen (secondary N) is 2. The molecule has 0 bridgehead atoms. The number of aryl methyl sites for hydroxylation is 1. The number of nitrogens with zero attached hydrogens (tertiary/aromatic N) is 2. The summed E-state index contributed by atoms with van der Waals surface area (Å²) in [4.78, 5) is 8.43. The fourth-order valence-corrected chi connectivity index (χ4v) is 1.86. The van der Waals surface area contributed by atoms with Crippen LogP contribution < -0.4 is 10.6 Å². The number of benzene rings is 1. The van der Waals surface area contributed by atoms with Gasteiger partial charge >= 0.3 is 0 Å². The minimum absolute atomic E-state index is 0.381. The number of anilines is 3. The van der Waals surface area contributed by atoms with E-state index >= 15 is 0 Å². The van der Waals surface area contributed by atoms with Gasteiger partial charge in [-0.15, -0.1) is 0 Å². The minimum atomic E-state index is 0.381. The Bertz CT molecular complexity index is 586. The van der Waals surface area contributed by atoms with Crippen LogP contribution in [0.1, 0.15) is 25.8 Å². The molecule has 1 aromatic heterocycles. The Kier molecular flexibility index (Phi) is 4.79. The Morgan fingerprint density at radius 2 is 1.95 bits per heavy atom. The average molecular weight is 291 g/mol. The molecule has 1 unspecified atom stereocenters. The van der Waals surface area contributed by atoms with Crippen LogP contribution in [0.15, 0.2) is 30.6 Å². The Balaban J connectivity index is 2.12. The molecule has 106 valence electrons. The number of hydrogen-bond donors (Lipinski definition) is 2. The smallest absolute Gasteiger partial charge is 0.135 e. The molecule has 4 nitrogen and oxygen atoms in total. The molecule has 0 saturated heterocycles. The highest BCUT2D eigenvalue weighted by atomic mass is 35.5. The van der Waals surface area contributed by atoms with Crippen LogP contribution in [0.25, 0.3) is 0 Å². The van der Waals surface area contributed by atoms with Gasteiger partial charge < -0.3 is 10.6 Å². The first-order valence-electron chi connectivity index (χ1n) is 6.70. The van der Waals surface area contributed by atoms with Crippen LogP contribution in [0.4, 0.5) is 17.3 Å². The van der Waals surface area contributed by atoms with Gasteiger partial charge in [0.05, 0.1) is 0 Å². The second-order valence-corrected chi connectivity index (χ2v) is 5.24. The van der Waals surface area contributed by atoms with Crippen molar-refractivity contribution in [3.05, 3.63) is 41.2 Å². The first kappa shape index (κ1) is 14.6. The molecule has 2 rings (SSSR count). The number of hydrogen-bond acceptors (Lipinski definition) is 4. The van der Waals surface area contributed by atoms with E-state index < -0.39 is 0 Å². The molecular formula is C15H19ClN4. The molecule has 0 aliphatic rings. The van der Waals surface area contributed by atoms with Gasteiger partial charge in [0.15, 0.2) is 0 Å². The summed E-state index contributed by atoms with van der Waals surface area (Å²) >= 11 is 6.11. The van der Waals surface area contributed by atoms with E-state index in [0.29, 0.717) is 6.04 Å². The quantitative estimate of drug-likeness (QED) is 0.857. The van der Waals surface area contributed by atoms with Gasteiger partial charge in [-0.2, -0.15) is 0 Å². The third-order valence-corrected chi connectivity index (χ3v) is 3.53. The Morgan fingerprint density at radius 3 is 2.65 bits per heavy atom. The van der Waals surface area contributed by atoms with Crippen molar-refractivity contribution in [1.82, 2.24) is 9.97 Å². The summed E-state index contributed by atoms with van der Waals surface area (Å²) in [5, 5.41) is 7.29. The number of rotatable bonds is 5. The standard InChI is InChI=1S/C15H19ClN4/c1-4-11(3)19-14-8-15(18-9-17-14)20-12-6-5-10(2)13(16)7-12/h5-9,11H,4H2,1-3H3,(H2,17,18,19,20). The van der Waals surface area contributed by atoms with Gasteiger partial charge in [-0.1, -0.05) is 24.6 Å². The molecule has 20 heavy (non-hydrogen) atoms. The number of halogens is 1. The first-order chi connectivity index (χ1) is 9.58. The molecule has 1 atom stereocenters. The molecule has 0 fully saturated rings.